The maximum Gasteiger partial charge on any atom is 0.302 e. The van der Waals surface area contributed by atoms with Crippen LogP contribution in [0.25, 0.3) is 0 Å². The lowest BCUT2D eigenvalue weighted by Gasteiger charge is -2.51. The van der Waals surface area contributed by atoms with Gasteiger partial charge in [-0.05, 0) is 50.2 Å². The minimum atomic E-state index is -1.37. The van der Waals surface area contributed by atoms with Crippen molar-refractivity contribution in [1.29, 1.82) is 0 Å². The Bertz CT molecular complexity index is 1050. The quantitative estimate of drug-likeness (QED) is 0.314. The summed E-state index contributed by atoms with van der Waals surface area (Å²) in [6.07, 6.45) is 9.73. The first-order valence-corrected chi connectivity index (χ1v) is 13.6. The molecule has 1 aromatic heterocycles. The second-order valence-electron chi connectivity index (χ2n) is 11.5. The molecule has 0 spiro atoms. The Morgan fingerprint density at radius 2 is 1.71 bits per heavy atom. The number of amides is 4. The summed E-state index contributed by atoms with van der Waals surface area (Å²) in [5.74, 6) is -3.09. The molecule has 0 aromatic carbocycles. The fourth-order valence-electron chi connectivity index (χ4n) is 5.18. The fraction of sp³-hybridized carbons (Fsp3) is 0.643. The van der Waals surface area contributed by atoms with Gasteiger partial charge in [-0.15, -0.1) is 0 Å². The van der Waals surface area contributed by atoms with Crippen LogP contribution >= 0.6 is 0 Å². The number of carbonyl (C=O) groups is 5. The third kappa shape index (κ3) is 6.28. The average molecular weight is 528 g/mol. The topological polar surface area (TPSA) is 138 Å². The zero-order valence-corrected chi connectivity index (χ0v) is 23.1. The molecule has 3 rings (SSSR count). The Morgan fingerprint density at radius 3 is 2.29 bits per heavy atom. The molecule has 0 unspecified atom stereocenters. The summed E-state index contributed by atoms with van der Waals surface area (Å²) in [7, 11) is 0. The van der Waals surface area contributed by atoms with Crippen LogP contribution in [0.4, 0.5) is 0 Å². The van der Waals surface area contributed by atoms with Crippen molar-refractivity contribution >= 4 is 29.4 Å². The Labute approximate surface area is 224 Å². The van der Waals surface area contributed by atoms with Gasteiger partial charge in [-0.25, -0.2) is 4.90 Å². The number of nitrogens with one attached hydrogen (secondary N) is 3. The number of pyridine rings is 1. The lowest BCUT2D eigenvalue weighted by molar-refractivity contribution is -0.182. The molecule has 38 heavy (non-hydrogen) atoms. The molecule has 10 heteroatoms. The summed E-state index contributed by atoms with van der Waals surface area (Å²) in [5.41, 5.74) is -1.69. The molecule has 2 fully saturated rings. The van der Waals surface area contributed by atoms with E-state index in [1.807, 2.05) is 6.92 Å². The van der Waals surface area contributed by atoms with Gasteiger partial charge >= 0.3 is 5.91 Å². The summed E-state index contributed by atoms with van der Waals surface area (Å²) in [4.78, 5) is 70.3. The highest BCUT2D eigenvalue weighted by molar-refractivity contribution is 6.49. The highest BCUT2D eigenvalue weighted by Gasteiger charge is 2.63. The van der Waals surface area contributed by atoms with Crippen LogP contribution in [0.2, 0.25) is 0 Å². The van der Waals surface area contributed by atoms with Crippen molar-refractivity contribution in [3.63, 3.8) is 0 Å². The zero-order valence-electron chi connectivity index (χ0n) is 23.1. The van der Waals surface area contributed by atoms with E-state index in [-0.39, 0.29) is 6.04 Å². The number of hydrogen-bond acceptors (Lipinski definition) is 7. The van der Waals surface area contributed by atoms with E-state index < -0.39 is 52.6 Å². The summed E-state index contributed by atoms with van der Waals surface area (Å²) in [5, 5.41) is 8.80. The minimum absolute atomic E-state index is 0.0477. The van der Waals surface area contributed by atoms with Gasteiger partial charge in [0.05, 0.1) is 0 Å². The molecule has 3 N–H and O–H groups in total. The van der Waals surface area contributed by atoms with E-state index in [4.69, 9.17) is 0 Å². The van der Waals surface area contributed by atoms with Crippen LogP contribution in [-0.2, 0) is 19.2 Å². The average Bonchev–Trinajstić information content (AvgIpc) is 2.89. The van der Waals surface area contributed by atoms with E-state index in [1.54, 1.807) is 32.9 Å². The summed E-state index contributed by atoms with van der Waals surface area (Å²) in [6, 6.07) is 1.09. The van der Waals surface area contributed by atoms with Gasteiger partial charge in [0.25, 0.3) is 17.6 Å². The third-order valence-corrected chi connectivity index (χ3v) is 7.39. The van der Waals surface area contributed by atoms with Gasteiger partial charge in [-0.3, -0.25) is 34.3 Å². The van der Waals surface area contributed by atoms with Crippen LogP contribution in [0.1, 0.15) is 96.3 Å². The Kier molecular flexibility index (Phi) is 9.40. The first-order chi connectivity index (χ1) is 17.9. The molecule has 2 aliphatic rings. The van der Waals surface area contributed by atoms with E-state index in [9.17, 15) is 24.0 Å². The van der Waals surface area contributed by atoms with E-state index in [0.29, 0.717) is 18.4 Å². The van der Waals surface area contributed by atoms with Crippen molar-refractivity contribution in [2.24, 2.45) is 5.41 Å². The maximum atomic E-state index is 13.6. The van der Waals surface area contributed by atoms with Crippen molar-refractivity contribution in [2.75, 3.05) is 0 Å². The smallest absolute Gasteiger partial charge is 0.302 e. The first-order valence-electron chi connectivity index (χ1n) is 13.6. The predicted octanol–water partition coefficient (Wildman–Crippen LogP) is 2.48. The van der Waals surface area contributed by atoms with E-state index in [0.717, 1.165) is 43.4 Å². The summed E-state index contributed by atoms with van der Waals surface area (Å²) < 4.78 is 0. The Morgan fingerprint density at radius 1 is 1.08 bits per heavy atom. The monoisotopic (exact) mass is 527 g/mol. The fourth-order valence-corrected chi connectivity index (χ4v) is 5.18. The van der Waals surface area contributed by atoms with E-state index >= 15 is 0 Å². The van der Waals surface area contributed by atoms with Crippen molar-refractivity contribution in [3.8, 4) is 0 Å². The SMILES string of the molecule is CCCC[C@@]1(NC2CCCCC2)C(=O)C(=O)N1C(=O)[C@H](C)NC(=O)[C@@H](NC(=O)c1ccncc1)C(C)(C)C. The van der Waals surface area contributed by atoms with Gasteiger partial charge in [0.15, 0.2) is 5.66 Å². The molecule has 2 heterocycles. The second-order valence-corrected chi connectivity index (χ2v) is 11.5. The minimum Gasteiger partial charge on any atom is -0.343 e. The van der Waals surface area contributed by atoms with Gasteiger partial charge in [-0.2, -0.15) is 0 Å². The molecule has 1 aliphatic carbocycles. The molecular weight excluding hydrogens is 486 g/mol. The van der Waals surface area contributed by atoms with Crippen molar-refractivity contribution in [2.45, 2.75) is 110 Å². The number of Topliss-reactive ketones (excluding diaryl/α,β-unsaturated/α-hetero) is 1. The molecule has 3 atom stereocenters. The molecule has 4 amide bonds. The highest BCUT2D eigenvalue weighted by atomic mass is 16.2. The van der Waals surface area contributed by atoms with Crippen molar-refractivity contribution < 1.29 is 24.0 Å². The normalized spacial score (nSPS) is 21.9. The lowest BCUT2D eigenvalue weighted by Crippen LogP contribution is -2.82. The molecule has 208 valence electrons. The van der Waals surface area contributed by atoms with Gasteiger partial charge in [0, 0.05) is 24.0 Å². The third-order valence-electron chi connectivity index (χ3n) is 7.39. The molecule has 10 nitrogen and oxygen atoms in total. The highest BCUT2D eigenvalue weighted by Crippen LogP contribution is 2.34. The number of likely N-dealkylation sites (tertiary alicyclic amines) is 1. The molecular formula is C28H41N5O5. The number of carbonyl (C=O) groups excluding carboxylic acids is 5. The standard InChI is InChI=1S/C28H41N5O5/c1-6-7-15-28(32-20-11-9-8-10-12-20)22(34)26(38)33(28)25(37)18(2)30-24(36)21(27(3,4)5)31-23(35)19-13-16-29-17-14-19/h13-14,16-18,20-21,32H,6-12,15H2,1-5H3,(H,30,36)(H,31,35)/t18-,21+,28-/m0/s1. The Balaban J connectivity index is 1.76. The molecule has 0 radical (unpaired) electrons. The number of aromatic nitrogens is 1. The number of hydrogen-bond donors (Lipinski definition) is 3. The molecule has 1 saturated carbocycles. The van der Waals surface area contributed by atoms with Crippen LogP contribution in [0, 0.1) is 5.41 Å². The Hall–Kier alpha value is -3.14. The summed E-state index contributed by atoms with van der Waals surface area (Å²) in [6.45, 7) is 8.89. The van der Waals surface area contributed by atoms with Crippen LogP contribution in [0.5, 0.6) is 0 Å². The lowest BCUT2D eigenvalue weighted by atomic mass is 9.82. The molecule has 1 aliphatic heterocycles. The molecule has 1 saturated heterocycles. The van der Waals surface area contributed by atoms with E-state index in [1.165, 1.54) is 19.3 Å². The van der Waals surface area contributed by atoms with Crippen molar-refractivity contribution in [3.05, 3.63) is 30.1 Å². The number of unbranched alkanes of at least 4 members (excludes halogenated alkanes) is 1. The second kappa shape index (κ2) is 12.1. The largest absolute Gasteiger partial charge is 0.343 e. The van der Waals surface area contributed by atoms with Gasteiger partial charge in [0.2, 0.25) is 5.91 Å². The van der Waals surface area contributed by atoms with E-state index in [2.05, 4.69) is 20.9 Å². The van der Waals surface area contributed by atoms with Crippen LogP contribution in [0.3, 0.4) is 0 Å². The number of imide groups is 1. The first kappa shape index (κ1) is 29.4. The van der Waals surface area contributed by atoms with Gasteiger partial charge in [-0.1, -0.05) is 53.4 Å². The summed E-state index contributed by atoms with van der Waals surface area (Å²) >= 11 is 0. The van der Waals surface area contributed by atoms with Crippen molar-refractivity contribution in [1.82, 2.24) is 25.8 Å². The van der Waals surface area contributed by atoms with Gasteiger partial charge < -0.3 is 10.6 Å². The number of rotatable bonds is 10. The van der Waals surface area contributed by atoms with Crippen LogP contribution < -0.4 is 16.0 Å². The maximum absolute atomic E-state index is 13.6. The van der Waals surface area contributed by atoms with Gasteiger partial charge in [0.1, 0.15) is 12.1 Å². The predicted molar refractivity (Wildman–Crippen MR) is 142 cm³/mol. The van der Waals surface area contributed by atoms with Crippen LogP contribution in [0.15, 0.2) is 24.5 Å². The number of nitrogens with zero attached hydrogens (tertiary/aromatic N) is 2. The number of ketones is 1. The number of β-lactam (4-membered cyclic amide) rings is 1. The molecule has 1 aromatic rings. The zero-order chi connectivity index (χ0) is 28.1. The molecule has 0 bridgehead atoms. The van der Waals surface area contributed by atoms with Crippen LogP contribution in [-0.4, -0.2) is 63.1 Å².